The Hall–Kier alpha value is -2.24. The molecule has 0 radical (unpaired) electrons. The van der Waals surface area contributed by atoms with Crippen LogP contribution in [0.5, 0.6) is 0 Å². The molecule has 0 saturated heterocycles. The lowest BCUT2D eigenvalue weighted by Crippen LogP contribution is -2.30. The molecule has 2 heterocycles. The first kappa shape index (κ1) is 12.8. The smallest absolute Gasteiger partial charge is 0.0885 e. The zero-order chi connectivity index (χ0) is 14.1. The molecular formula is C15H17N5. The maximum Gasteiger partial charge on any atom is 0.0885 e. The van der Waals surface area contributed by atoms with E-state index in [2.05, 4.69) is 27.6 Å². The monoisotopic (exact) mass is 267 g/mol. The molecule has 0 saturated carbocycles. The molecule has 1 unspecified atom stereocenters. The lowest BCUT2D eigenvalue weighted by molar-refractivity contribution is 0.577. The summed E-state index contributed by atoms with van der Waals surface area (Å²) in [7, 11) is 1.91. The van der Waals surface area contributed by atoms with E-state index in [0.29, 0.717) is 0 Å². The van der Waals surface area contributed by atoms with Gasteiger partial charge in [0.05, 0.1) is 17.3 Å². The van der Waals surface area contributed by atoms with E-state index in [4.69, 9.17) is 5.84 Å². The number of para-hydroxylation sites is 1. The Labute approximate surface area is 117 Å². The predicted molar refractivity (Wildman–Crippen MR) is 78.9 cm³/mol. The molecule has 0 aliphatic rings. The lowest BCUT2D eigenvalue weighted by atomic mass is 9.99. The molecule has 5 heteroatoms. The zero-order valence-electron chi connectivity index (χ0n) is 11.5. The summed E-state index contributed by atoms with van der Waals surface area (Å²) in [5.74, 6) is 5.79. The maximum atomic E-state index is 5.79. The molecule has 1 aromatic carbocycles. The second-order valence-corrected chi connectivity index (χ2v) is 4.85. The van der Waals surface area contributed by atoms with E-state index in [1.54, 1.807) is 6.20 Å². The summed E-state index contributed by atoms with van der Waals surface area (Å²) in [6.45, 7) is 1.99. The summed E-state index contributed by atoms with van der Waals surface area (Å²) in [6.07, 6.45) is 1.77. The topological polar surface area (TPSA) is 68.8 Å². The highest BCUT2D eigenvalue weighted by molar-refractivity contribution is 5.83. The van der Waals surface area contributed by atoms with Crippen LogP contribution in [0, 0.1) is 6.92 Å². The number of fused-ring (bicyclic) bond motifs is 1. The van der Waals surface area contributed by atoms with Gasteiger partial charge >= 0.3 is 0 Å². The van der Waals surface area contributed by atoms with Crippen molar-refractivity contribution in [2.24, 2.45) is 12.9 Å². The van der Waals surface area contributed by atoms with Crippen molar-refractivity contribution in [1.29, 1.82) is 0 Å². The highest BCUT2D eigenvalue weighted by atomic mass is 15.3. The number of nitrogens with two attached hydrogens (primary N) is 1. The molecule has 3 aromatic rings. The highest BCUT2D eigenvalue weighted by Gasteiger charge is 2.19. The molecule has 20 heavy (non-hydrogen) atoms. The van der Waals surface area contributed by atoms with E-state index < -0.39 is 0 Å². The largest absolute Gasteiger partial charge is 0.271 e. The number of nitrogens with one attached hydrogen (secondary N) is 1. The SMILES string of the molecule is Cc1cc(C(NN)c2ccnn2C)c2ccccc2n1. The van der Waals surface area contributed by atoms with E-state index >= 15 is 0 Å². The second kappa shape index (κ2) is 5.03. The van der Waals surface area contributed by atoms with Crippen molar-refractivity contribution < 1.29 is 0 Å². The van der Waals surface area contributed by atoms with Crippen LogP contribution in [-0.2, 0) is 7.05 Å². The summed E-state index contributed by atoms with van der Waals surface area (Å²) in [5, 5.41) is 5.32. The zero-order valence-corrected chi connectivity index (χ0v) is 11.5. The van der Waals surface area contributed by atoms with Crippen molar-refractivity contribution in [3.05, 3.63) is 59.5 Å². The Kier molecular flexibility index (Phi) is 3.22. The molecule has 2 aromatic heterocycles. The number of hydrogen-bond acceptors (Lipinski definition) is 4. The summed E-state index contributed by atoms with van der Waals surface area (Å²) in [5.41, 5.74) is 6.97. The number of hydrazine groups is 1. The van der Waals surface area contributed by atoms with Gasteiger partial charge in [-0.05, 0) is 30.7 Å². The van der Waals surface area contributed by atoms with Gasteiger partial charge in [-0.25, -0.2) is 5.43 Å². The van der Waals surface area contributed by atoms with Gasteiger partial charge in [-0.15, -0.1) is 0 Å². The quantitative estimate of drug-likeness (QED) is 0.561. The molecule has 0 fully saturated rings. The van der Waals surface area contributed by atoms with Gasteiger partial charge in [-0.2, -0.15) is 5.10 Å². The van der Waals surface area contributed by atoms with Gasteiger partial charge < -0.3 is 0 Å². The number of aryl methyl sites for hydroxylation is 2. The number of pyridine rings is 1. The van der Waals surface area contributed by atoms with Gasteiger partial charge in [0.1, 0.15) is 0 Å². The third-order valence-corrected chi connectivity index (χ3v) is 3.51. The van der Waals surface area contributed by atoms with Crippen molar-refractivity contribution in [1.82, 2.24) is 20.2 Å². The molecule has 0 aliphatic carbocycles. The third-order valence-electron chi connectivity index (χ3n) is 3.51. The Morgan fingerprint density at radius 2 is 2.05 bits per heavy atom. The molecule has 0 amide bonds. The Morgan fingerprint density at radius 1 is 1.25 bits per heavy atom. The van der Waals surface area contributed by atoms with Gasteiger partial charge in [-0.1, -0.05) is 18.2 Å². The molecule has 0 bridgehead atoms. The molecule has 0 spiro atoms. The van der Waals surface area contributed by atoms with Crippen LogP contribution >= 0.6 is 0 Å². The van der Waals surface area contributed by atoms with Crippen molar-refractivity contribution in [3.63, 3.8) is 0 Å². The molecule has 5 nitrogen and oxygen atoms in total. The first-order valence-corrected chi connectivity index (χ1v) is 6.51. The van der Waals surface area contributed by atoms with Crippen LogP contribution < -0.4 is 11.3 Å². The molecule has 3 N–H and O–H groups in total. The summed E-state index contributed by atoms with van der Waals surface area (Å²) in [6, 6.07) is 12.0. The minimum atomic E-state index is -0.117. The minimum Gasteiger partial charge on any atom is -0.271 e. The van der Waals surface area contributed by atoms with E-state index in [0.717, 1.165) is 27.9 Å². The van der Waals surface area contributed by atoms with Gasteiger partial charge in [0.15, 0.2) is 0 Å². The number of rotatable bonds is 3. The van der Waals surface area contributed by atoms with Gasteiger partial charge in [0, 0.05) is 24.3 Å². The van der Waals surface area contributed by atoms with Crippen molar-refractivity contribution >= 4 is 10.9 Å². The molecule has 102 valence electrons. The maximum absolute atomic E-state index is 5.79. The fraction of sp³-hybridized carbons (Fsp3) is 0.200. The van der Waals surface area contributed by atoms with Crippen LogP contribution in [0.4, 0.5) is 0 Å². The fourth-order valence-electron chi connectivity index (χ4n) is 2.58. The average Bonchev–Trinajstić information content (AvgIpc) is 2.86. The number of hydrogen-bond donors (Lipinski definition) is 2. The fourth-order valence-corrected chi connectivity index (χ4v) is 2.58. The molecule has 3 rings (SSSR count). The normalized spacial score (nSPS) is 12.8. The highest BCUT2D eigenvalue weighted by Crippen LogP contribution is 2.28. The van der Waals surface area contributed by atoms with Gasteiger partial charge in [0.25, 0.3) is 0 Å². The standard InChI is InChI=1S/C15H17N5/c1-10-9-12(11-5-3-4-6-13(11)18-10)15(19-16)14-7-8-17-20(14)2/h3-9,15,19H,16H2,1-2H3. The van der Waals surface area contributed by atoms with Gasteiger partial charge in [0.2, 0.25) is 0 Å². The Morgan fingerprint density at radius 3 is 2.75 bits per heavy atom. The first-order valence-electron chi connectivity index (χ1n) is 6.51. The molecular weight excluding hydrogens is 250 g/mol. The lowest BCUT2D eigenvalue weighted by Gasteiger charge is -2.19. The number of aromatic nitrogens is 3. The Balaban J connectivity index is 2.24. The van der Waals surface area contributed by atoms with E-state index in [1.165, 1.54) is 0 Å². The summed E-state index contributed by atoms with van der Waals surface area (Å²) in [4.78, 5) is 4.57. The molecule has 1 atom stereocenters. The third kappa shape index (κ3) is 2.07. The van der Waals surface area contributed by atoms with Crippen molar-refractivity contribution in [2.45, 2.75) is 13.0 Å². The second-order valence-electron chi connectivity index (χ2n) is 4.85. The van der Waals surface area contributed by atoms with Crippen LogP contribution in [0.1, 0.15) is 23.0 Å². The summed E-state index contributed by atoms with van der Waals surface area (Å²) >= 11 is 0. The van der Waals surface area contributed by atoms with Gasteiger partial charge in [-0.3, -0.25) is 15.5 Å². The Bertz CT molecular complexity index is 747. The van der Waals surface area contributed by atoms with Crippen LogP contribution in [0.15, 0.2) is 42.6 Å². The van der Waals surface area contributed by atoms with Crippen LogP contribution in [0.25, 0.3) is 10.9 Å². The van der Waals surface area contributed by atoms with Crippen molar-refractivity contribution in [3.8, 4) is 0 Å². The van der Waals surface area contributed by atoms with Crippen molar-refractivity contribution in [2.75, 3.05) is 0 Å². The van der Waals surface area contributed by atoms with E-state index in [9.17, 15) is 0 Å². The van der Waals surface area contributed by atoms with Crippen LogP contribution in [0.3, 0.4) is 0 Å². The minimum absolute atomic E-state index is 0.117. The number of benzene rings is 1. The summed E-state index contributed by atoms with van der Waals surface area (Å²) < 4.78 is 1.83. The first-order chi connectivity index (χ1) is 9.70. The van der Waals surface area contributed by atoms with Crippen LogP contribution in [-0.4, -0.2) is 14.8 Å². The van der Waals surface area contributed by atoms with E-state index in [1.807, 2.05) is 42.9 Å². The predicted octanol–water partition coefficient (Wildman–Crippen LogP) is 1.83. The number of nitrogens with zero attached hydrogens (tertiary/aromatic N) is 3. The average molecular weight is 267 g/mol. The van der Waals surface area contributed by atoms with E-state index in [-0.39, 0.29) is 6.04 Å². The molecule has 0 aliphatic heterocycles. The van der Waals surface area contributed by atoms with Crippen LogP contribution in [0.2, 0.25) is 0 Å².